The van der Waals surface area contributed by atoms with E-state index in [0.717, 1.165) is 36.3 Å². The summed E-state index contributed by atoms with van der Waals surface area (Å²) in [5, 5.41) is 4.32. The molecule has 3 nitrogen and oxygen atoms in total. The fourth-order valence-electron chi connectivity index (χ4n) is 2.72. The van der Waals surface area contributed by atoms with Crippen molar-refractivity contribution in [3.8, 4) is 0 Å². The smallest absolute Gasteiger partial charge is 0.0609 e. The van der Waals surface area contributed by atoms with Crippen molar-refractivity contribution in [3.63, 3.8) is 0 Å². The van der Waals surface area contributed by atoms with Gasteiger partial charge in [-0.25, -0.2) is 0 Å². The Kier molecular flexibility index (Phi) is 2.74. The largest absolute Gasteiger partial charge is 0.368 e. The van der Waals surface area contributed by atoms with Crippen molar-refractivity contribution >= 4 is 17.3 Å². The number of rotatable bonds is 1. The lowest BCUT2D eigenvalue weighted by atomic mass is 9.97. The van der Waals surface area contributed by atoms with Gasteiger partial charge in [-0.05, 0) is 31.4 Å². The molecule has 0 radical (unpaired) electrons. The molecule has 3 aliphatic heterocycles. The Morgan fingerprint density at radius 1 is 1.31 bits per heavy atom. The van der Waals surface area contributed by atoms with Gasteiger partial charge >= 0.3 is 0 Å². The van der Waals surface area contributed by atoms with Crippen LogP contribution in [0.25, 0.3) is 0 Å². The van der Waals surface area contributed by atoms with Gasteiger partial charge in [0.05, 0.1) is 16.9 Å². The molecule has 0 aromatic carbocycles. The molecule has 0 saturated carbocycles. The third-order valence-corrected chi connectivity index (χ3v) is 3.80. The molecule has 2 unspecified atom stereocenters. The summed E-state index contributed by atoms with van der Waals surface area (Å²) in [5.74, 6) is 0.776. The van der Waals surface area contributed by atoms with Crippen LogP contribution in [0.15, 0.2) is 18.5 Å². The van der Waals surface area contributed by atoms with Crippen LogP contribution >= 0.6 is 11.6 Å². The molecule has 4 rings (SSSR count). The van der Waals surface area contributed by atoms with Crippen molar-refractivity contribution in [2.75, 3.05) is 24.5 Å². The SMILES string of the molecule is Clc1cncc(N2CC3CCC(C2)NC3)c1. The minimum absolute atomic E-state index is 0.637. The maximum absolute atomic E-state index is 5.99. The fourth-order valence-corrected chi connectivity index (χ4v) is 2.89. The maximum Gasteiger partial charge on any atom is 0.0609 e. The van der Waals surface area contributed by atoms with Crippen molar-refractivity contribution in [2.24, 2.45) is 5.92 Å². The highest BCUT2D eigenvalue weighted by atomic mass is 35.5. The molecule has 3 aliphatic rings. The number of hydrogen-bond acceptors (Lipinski definition) is 3. The van der Waals surface area contributed by atoms with Crippen molar-refractivity contribution in [3.05, 3.63) is 23.5 Å². The van der Waals surface area contributed by atoms with E-state index >= 15 is 0 Å². The summed E-state index contributed by atoms with van der Waals surface area (Å²) in [6.07, 6.45) is 6.25. The van der Waals surface area contributed by atoms with Gasteiger partial charge in [-0.15, -0.1) is 0 Å². The number of aromatic nitrogens is 1. The molecule has 86 valence electrons. The standard InChI is InChI=1S/C12H16ClN3/c13-10-3-12(6-14-5-10)16-7-9-1-2-11(8-16)15-4-9/h3,5-6,9,11,15H,1-2,4,7-8H2. The van der Waals surface area contributed by atoms with E-state index in [1.54, 1.807) is 6.20 Å². The Morgan fingerprint density at radius 2 is 2.25 bits per heavy atom. The quantitative estimate of drug-likeness (QED) is 0.809. The number of nitrogens with one attached hydrogen (secondary N) is 1. The number of piperidine rings is 1. The van der Waals surface area contributed by atoms with Gasteiger partial charge in [0, 0.05) is 25.3 Å². The number of halogens is 1. The molecule has 3 saturated heterocycles. The average Bonchev–Trinajstić information content (AvgIpc) is 2.62. The normalized spacial score (nSPS) is 29.2. The molecule has 0 amide bonds. The number of nitrogens with zero attached hydrogens (tertiary/aromatic N) is 2. The second kappa shape index (κ2) is 4.22. The van der Waals surface area contributed by atoms with Gasteiger partial charge in [-0.1, -0.05) is 11.6 Å². The van der Waals surface area contributed by atoms with Gasteiger partial charge in [-0.2, -0.15) is 0 Å². The highest BCUT2D eigenvalue weighted by Crippen LogP contribution is 2.26. The monoisotopic (exact) mass is 237 g/mol. The highest BCUT2D eigenvalue weighted by molar-refractivity contribution is 6.30. The molecule has 0 spiro atoms. The van der Waals surface area contributed by atoms with E-state index in [2.05, 4.69) is 15.2 Å². The van der Waals surface area contributed by atoms with Crippen molar-refractivity contribution in [2.45, 2.75) is 18.9 Å². The number of fused-ring (bicyclic) bond motifs is 4. The number of pyridine rings is 1. The summed E-state index contributed by atoms with van der Waals surface area (Å²) in [5.41, 5.74) is 1.16. The molecule has 3 fully saturated rings. The van der Waals surface area contributed by atoms with Crippen LogP contribution in [0.3, 0.4) is 0 Å². The molecular weight excluding hydrogens is 222 g/mol. The number of hydrogen-bond donors (Lipinski definition) is 1. The van der Waals surface area contributed by atoms with Crippen LogP contribution in [0.4, 0.5) is 5.69 Å². The minimum atomic E-state index is 0.637. The predicted octanol–water partition coefficient (Wildman–Crippen LogP) is 1.92. The second-order valence-corrected chi connectivity index (χ2v) is 5.25. The van der Waals surface area contributed by atoms with Crippen LogP contribution in [0.2, 0.25) is 5.02 Å². The lowest BCUT2D eigenvalue weighted by molar-refractivity contribution is 0.360. The Hall–Kier alpha value is -0.800. The predicted molar refractivity (Wildman–Crippen MR) is 66.0 cm³/mol. The molecule has 4 heteroatoms. The Morgan fingerprint density at radius 3 is 3.00 bits per heavy atom. The highest BCUT2D eigenvalue weighted by Gasteiger charge is 2.29. The van der Waals surface area contributed by atoms with E-state index in [1.165, 1.54) is 12.8 Å². The van der Waals surface area contributed by atoms with Crippen LogP contribution < -0.4 is 10.2 Å². The fraction of sp³-hybridized carbons (Fsp3) is 0.583. The third kappa shape index (κ3) is 2.02. The minimum Gasteiger partial charge on any atom is -0.368 e. The lowest BCUT2D eigenvalue weighted by Crippen LogP contribution is -2.39. The van der Waals surface area contributed by atoms with Gasteiger partial charge in [0.25, 0.3) is 0 Å². The van der Waals surface area contributed by atoms with Gasteiger partial charge in [0.2, 0.25) is 0 Å². The summed E-state index contributed by atoms with van der Waals surface area (Å²) >= 11 is 5.99. The van der Waals surface area contributed by atoms with E-state index in [9.17, 15) is 0 Å². The Bertz CT molecular complexity index is 360. The molecule has 1 aromatic rings. The molecular formula is C12H16ClN3. The van der Waals surface area contributed by atoms with E-state index in [4.69, 9.17) is 11.6 Å². The molecule has 0 aliphatic carbocycles. The van der Waals surface area contributed by atoms with Crippen LogP contribution in [0.1, 0.15) is 12.8 Å². The van der Waals surface area contributed by atoms with E-state index < -0.39 is 0 Å². The Balaban J connectivity index is 1.84. The molecule has 1 N–H and O–H groups in total. The van der Waals surface area contributed by atoms with Crippen LogP contribution in [0, 0.1) is 5.92 Å². The molecule has 16 heavy (non-hydrogen) atoms. The summed E-state index contributed by atoms with van der Waals surface area (Å²) in [7, 11) is 0. The van der Waals surface area contributed by atoms with Crippen molar-refractivity contribution < 1.29 is 0 Å². The summed E-state index contributed by atoms with van der Waals surface area (Å²) in [6, 6.07) is 2.65. The molecule has 4 heterocycles. The van der Waals surface area contributed by atoms with Crippen molar-refractivity contribution in [1.29, 1.82) is 0 Å². The van der Waals surface area contributed by atoms with Crippen LogP contribution in [0.5, 0.6) is 0 Å². The Labute approximate surface area is 101 Å². The summed E-state index contributed by atoms with van der Waals surface area (Å²) in [4.78, 5) is 6.58. The molecule has 2 atom stereocenters. The zero-order valence-electron chi connectivity index (χ0n) is 9.19. The van der Waals surface area contributed by atoms with Gasteiger partial charge in [-0.3, -0.25) is 4.98 Å². The third-order valence-electron chi connectivity index (χ3n) is 3.59. The first-order valence-electron chi connectivity index (χ1n) is 5.90. The zero-order chi connectivity index (χ0) is 11.0. The first kappa shape index (κ1) is 10.4. The second-order valence-electron chi connectivity index (χ2n) is 4.81. The average molecular weight is 238 g/mol. The van der Waals surface area contributed by atoms with E-state index in [0.29, 0.717) is 6.04 Å². The van der Waals surface area contributed by atoms with Gasteiger partial charge < -0.3 is 10.2 Å². The first-order chi connectivity index (χ1) is 7.81. The van der Waals surface area contributed by atoms with Gasteiger partial charge in [0.15, 0.2) is 0 Å². The van der Waals surface area contributed by atoms with E-state index in [-0.39, 0.29) is 0 Å². The molecule has 2 bridgehead atoms. The first-order valence-corrected chi connectivity index (χ1v) is 6.28. The maximum atomic E-state index is 5.99. The zero-order valence-corrected chi connectivity index (χ0v) is 9.95. The summed E-state index contributed by atoms with van der Waals surface area (Å²) in [6.45, 7) is 3.37. The van der Waals surface area contributed by atoms with Gasteiger partial charge in [0.1, 0.15) is 0 Å². The van der Waals surface area contributed by atoms with Crippen molar-refractivity contribution in [1.82, 2.24) is 10.3 Å². The summed E-state index contributed by atoms with van der Waals surface area (Å²) < 4.78 is 0. The molecule has 1 aromatic heterocycles. The van der Waals surface area contributed by atoms with E-state index in [1.807, 2.05) is 12.3 Å². The topological polar surface area (TPSA) is 28.2 Å². The lowest BCUT2D eigenvalue weighted by Gasteiger charge is -2.24. The van der Waals surface area contributed by atoms with Crippen LogP contribution in [-0.4, -0.2) is 30.7 Å². The number of anilines is 1. The van der Waals surface area contributed by atoms with Crippen LogP contribution in [-0.2, 0) is 0 Å².